The third-order valence-corrected chi connectivity index (χ3v) is 5.11. The summed E-state index contributed by atoms with van der Waals surface area (Å²) in [6.45, 7) is 1.22. The van der Waals surface area contributed by atoms with E-state index in [1.54, 1.807) is 0 Å². The second-order valence-corrected chi connectivity index (χ2v) is 6.90. The average molecular weight is 343 g/mol. The molecule has 2 N–H and O–H groups in total. The number of thiophene rings is 1. The molecular weight excluding hydrogens is 333 g/mol. The molecule has 2 aromatic rings. The number of carboxylic acids is 1. The predicted octanol–water partition coefficient (Wildman–Crippen LogP) is 2.59. The van der Waals surface area contributed by atoms with E-state index in [9.17, 15) is 22.4 Å². The van der Waals surface area contributed by atoms with Gasteiger partial charge in [0, 0.05) is 10.9 Å². The molecule has 0 saturated carbocycles. The predicted molar refractivity (Wildman–Crippen MR) is 78.5 cm³/mol. The molecule has 0 unspecified atom stereocenters. The Labute approximate surface area is 129 Å². The van der Waals surface area contributed by atoms with Crippen molar-refractivity contribution in [3.05, 3.63) is 45.9 Å². The monoisotopic (exact) mass is 343 g/mol. The Kier molecular flexibility index (Phi) is 4.29. The highest BCUT2D eigenvalue weighted by atomic mass is 32.2. The second kappa shape index (κ2) is 5.85. The number of carboxylic acid groups (broad SMARTS) is 1. The molecule has 22 heavy (non-hydrogen) atoms. The number of hydrogen-bond acceptors (Lipinski definition) is 5. The molecule has 6 nitrogen and oxygen atoms in total. The summed E-state index contributed by atoms with van der Waals surface area (Å²) in [6.07, 6.45) is 0. The van der Waals surface area contributed by atoms with E-state index in [-0.39, 0.29) is 21.0 Å². The number of anilines is 1. The van der Waals surface area contributed by atoms with Crippen molar-refractivity contribution < 1.29 is 27.5 Å². The normalized spacial score (nSPS) is 11.2. The third-order valence-electron chi connectivity index (χ3n) is 2.70. The van der Waals surface area contributed by atoms with Gasteiger partial charge in [-0.15, -0.1) is 11.3 Å². The second-order valence-electron chi connectivity index (χ2n) is 4.30. The quantitative estimate of drug-likeness (QED) is 0.813. The van der Waals surface area contributed by atoms with Crippen molar-refractivity contribution in [1.82, 2.24) is 0 Å². The van der Waals surface area contributed by atoms with Gasteiger partial charge in [-0.2, -0.15) is 0 Å². The minimum Gasteiger partial charge on any atom is -0.477 e. The number of halogens is 1. The molecule has 0 atom stereocenters. The van der Waals surface area contributed by atoms with Gasteiger partial charge >= 0.3 is 5.97 Å². The SMILES string of the molecule is CC(=O)c1ccc(F)cc1NS(=O)(=O)c1csc(C(=O)O)c1. The molecule has 0 radical (unpaired) electrons. The van der Waals surface area contributed by atoms with E-state index in [0.717, 1.165) is 34.9 Å². The molecule has 1 aromatic carbocycles. The molecule has 0 spiro atoms. The van der Waals surface area contributed by atoms with E-state index in [4.69, 9.17) is 5.11 Å². The summed E-state index contributed by atoms with van der Waals surface area (Å²) in [7, 11) is -4.12. The Bertz CT molecular complexity index is 857. The highest BCUT2D eigenvalue weighted by Crippen LogP contribution is 2.25. The molecule has 116 valence electrons. The van der Waals surface area contributed by atoms with Crippen molar-refractivity contribution in [3.8, 4) is 0 Å². The van der Waals surface area contributed by atoms with E-state index in [1.807, 2.05) is 0 Å². The van der Waals surface area contributed by atoms with Crippen molar-refractivity contribution in [2.45, 2.75) is 11.8 Å². The molecule has 1 aromatic heterocycles. The van der Waals surface area contributed by atoms with Crippen LogP contribution in [0.25, 0.3) is 0 Å². The lowest BCUT2D eigenvalue weighted by molar-refractivity contribution is 0.0701. The van der Waals surface area contributed by atoms with Crippen molar-refractivity contribution >= 4 is 38.8 Å². The van der Waals surface area contributed by atoms with E-state index in [0.29, 0.717) is 0 Å². The number of hydrogen-bond donors (Lipinski definition) is 2. The Morgan fingerprint density at radius 2 is 1.95 bits per heavy atom. The summed E-state index contributed by atoms with van der Waals surface area (Å²) in [6, 6.07) is 4.09. The van der Waals surface area contributed by atoms with Crippen LogP contribution in [0.15, 0.2) is 34.5 Å². The zero-order chi connectivity index (χ0) is 16.5. The molecular formula is C13H10FNO5S2. The first-order valence-electron chi connectivity index (χ1n) is 5.86. The fourth-order valence-corrected chi connectivity index (χ4v) is 3.87. The molecule has 2 rings (SSSR count). The summed E-state index contributed by atoms with van der Waals surface area (Å²) >= 11 is 0.749. The lowest BCUT2D eigenvalue weighted by Gasteiger charge is -2.10. The van der Waals surface area contributed by atoms with Gasteiger partial charge in [0.25, 0.3) is 10.0 Å². The van der Waals surface area contributed by atoms with Crippen LogP contribution in [0.1, 0.15) is 27.0 Å². The maximum Gasteiger partial charge on any atom is 0.345 e. The van der Waals surface area contributed by atoms with Crippen molar-refractivity contribution in [2.75, 3.05) is 4.72 Å². The van der Waals surface area contributed by atoms with Crippen LogP contribution in [0.5, 0.6) is 0 Å². The van der Waals surface area contributed by atoms with Crippen LogP contribution in [0.3, 0.4) is 0 Å². The first-order valence-corrected chi connectivity index (χ1v) is 8.22. The molecule has 0 aliphatic carbocycles. The molecule has 0 aliphatic heterocycles. The van der Waals surface area contributed by atoms with Gasteiger partial charge in [0.1, 0.15) is 10.7 Å². The van der Waals surface area contributed by atoms with Crippen LogP contribution in [0.2, 0.25) is 0 Å². The molecule has 0 bridgehead atoms. The Morgan fingerprint density at radius 1 is 1.27 bits per heavy atom. The summed E-state index contributed by atoms with van der Waals surface area (Å²) in [5.41, 5.74) is -0.186. The van der Waals surface area contributed by atoms with E-state index >= 15 is 0 Å². The number of aromatic carboxylic acids is 1. The molecule has 0 saturated heterocycles. The minimum atomic E-state index is -4.12. The van der Waals surface area contributed by atoms with Crippen LogP contribution in [-0.4, -0.2) is 25.3 Å². The van der Waals surface area contributed by atoms with Gasteiger partial charge in [0.15, 0.2) is 5.78 Å². The standard InChI is InChI=1S/C13H10FNO5S2/c1-7(16)10-3-2-8(14)4-11(10)15-22(19,20)9-5-12(13(17)18)21-6-9/h2-6,15H,1H3,(H,17,18). The van der Waals surface area contributed by atoms with Crippen LogP contribution in [0.4, 0.5) is 10.1 Å². The van der Waals surface area contributed by atoms with Gasteiger partial charge in [-0.25, -0.2) is 17.6 Å². The van der Waals surface area contributed by atoms with Gasteiger partial charge in [-0.05, 0) is 31.2 Å². The maximum atomic E-state index is 13.3. The number of rotatable bonds is 5. The van der Waals surface area contributed by atoms with Gasteiger partial charge in [0.05, 0.1) is 10.6 Å². The van der Waals surface area contributed by atoms with E-state index in [2.05, 4.69) is 4.72 Å². The number of nitrogens with one attached hydrogen (secondary N) is 1. The summed E-state index contributed by atoms with van der Waals surface area (Å²) in [5, 5.41) is 9.96. The van der Waals surface area contributed by atoms with Gasteiger partial charge in [0.2, 0.25) is 0 Å². The molecule has 9 heteroatoms. The highest BCUT2D eigenvalue weighted by molar-refractivity contribution is 7.92. The molecule has 0 fully saturated rings. The number of carbonyl (C=O) groups is 2. The molecule has 0 amide bonds. The van der Waals surface area contributed by atoms with E-state index < -0.39 is 27.6 Å². The summed E-state index contributed by atoms with van der Waals surface area (Å²) < 4.78 is 39.8. The van der Waals surface area contributed by atoms with Gasteiger partial charge in [-0.3, -0.25) is 9.52 Å². The Hall–Kier alpha value is -2.26. The van der Waals surface area contributed by atoms with Gasteiger partial charge in [-0.1, -0.05) is 0 Å². The minimum absolute atomic E-state index is 0.0127. The fourth-order valence-electron chi connectivity index (χ4n) is 1.68. The summed E-state index contributed by atoms with van der Waals surface area (Å²) in [4.78, 5) is 21.8. The lowest BCUT2D eigenvalue weighted by Crippen LogP contribution is -2.15. The van der Waals surface area contributed by atoms with Crippen molar-refractivity contribution in [1.29, 1.82) is 0 Å². The largest absolute Gasteiger partial charge is 0.477 e. The highest BCUT2D eigenvalue weighted by Gasteiger charge is 2.21. The zero-order valence-electron chi connectivity index (χ0n) is 11.2. The number of sulfonamides is 1. The lowest BCUT2D eigenvalue weighted by atomic mass is 10.1. The van der Waals surface area contributed by atoms with Crippen molar-refractivity contribution in [3.63, 3.8) is 0 Å². The first-order chi connectivity index (χ1) is 10.2. The van der Waals surface area contributed by atoms with Gasteiger partial charge < -0.3 is 5.11 Å². The first kappa shape index (κ1) is 16.1. The Morgan fingerprint density at radius 3 is 2.50 bits per heavy atom. The van der Waals surface area contributed by atoms with Crippen molar-refractivity contribution in [2.24, 2.45) is 0 Å². The number of ketones is 1. The summed E-state index contributed by atoms with van der Waals surface area (Å²) in [5.74, 6) is -2.39. The third kappa shape index (κ3) is 3.31. The van der Waals surface area contributed by atoms with Crippen LogP contribution in [0, 0.1) is 5.82 Å². The average Bonchev–Trinajstić information content (AvgIpc) is 2.88. The van der Waals surface area contributed by atoms with E-state index in [1.165, 1.54) is 13.0 Å². The Balaban J connectivity index is 2.42. The smallest absolute Gasteiger partial charge is 0.345 e. The zero-order valence-corrected chi connectivity index (χ0v) is 12.8. The number of Topliss-reactive ketones (excluding diaryl/α,β-unsaturated/α-hetero) is 1. The fraction of sp³-hybridized carbons (Fsp3) is 0.0769. The number of benzene rings is 1. The number of carbonyl (C=O) groups excluding carboxylic acids is 1. The van der Waals surface area contributed by atoms with Crippen LogP contribution < -0.4 is 4.72 Å². The van der Waals surface area contributed by atoms with Crippen LogP contribution >= 0.6 is 11.3 Å². The maximum absolute atomic E-state index is 13.3. The van der Waals surface area contributed by atoms with Crippen LogP contribution in [-0.2, 0) is 10.0 Å². The topological polar surface area (TPSA) is 101 Å². The molecule has 0 aliphatic rings. The molecule has 1 heterocycles.